The van der Waals surface area contributed by atoms with Crippen LogP contribution in [0.25, 0.3) is 0 Å². The van der Waals surface area contributed by atoms with Crippen molar-refractivity contribution in [3.8, 4) is 0 Å². The third kappa shape index (κ3) is 1.83. The smallest absolute Gasteiger partial charge is 0.0719 e. The summed E-state index contributed by atoms with van der Waals surface area (Å²) < 4.78 is 5.46. The topological polar surface area (TPSA) is 9.23 Å². The van der Waals surface area contributed by atoms with Crippen molar-refractivity contribution >= 4 is 0 Å². The maximum absolute atomic E-state index is 5.46. The van der Waals surface area contributed by atoms with Gasteiger partial charge in [-0.1, -0.05) is 39.0 Å². The summed E-state index contributed by atoms with van der Waals surface area (Å²) in [6, 6.07) is 6.82. The van der Waals surface area contributed by atoms with Crippen molar-refractivity contribution in [1.82, 2.24) is 0 Å². The third-order valence-electron chi connectivity index (χ3n) is 2.85. The maximum Gasteiger partial charge on any atom is 0.0719 e. The molecule has 1 aliphatic rings. The van der Waals surface area contributed by atoms with Crippen molar-refractivity contribution in [2.45, 2.75) is 39.2 Å². The molecule has 1 aromatic rings. The molecule has 1 aliphatic heterocycles. The summed E-state index contributed by atoms with van der Waals surface area (Å²) in [6.45, 7) is 8.41. The van der Waals surface area contributed by atoms with Crippen LogP contribution in [0.15, 0.2) is 18.2 Å². The highest BCUT2D eigenvalue weighted by Gasteiger charge is 2.16. The van der Waals surface area contributed by atoms with Crippen LogP contribution in [0.1, 0.15) is 37.5 Å². The molecule has 0 saturated heterocycles. The molecule has 0 N–H and O–H groups in total. The van der Waals surface area contributed by atoms with Crippen LogP contribution in [0, 0.1) is 0 Å². The molecule has 1 nitrogen and oxygen atoms in total. The van der Waals surface area contributed by atoms with Crippen LogP contribution in [0.2, 0.25) is 0 Å². The van der Waals surface area contributed by atoms with E-state index < -0.39 is 0 Å². The number of rotatable bonds is 0. The molecule has 0 amide bonds. The van der Waals surface area contributed by atoms with Gasteiger partial charge in [0, 0.05) is 0 Å². The molecule has 0 unspecified atom stereocenters. The summed E-state index contributed by atoms with van der Waals surface area (Å²) in [5.41, 5.74) is 4.49. The number of ether oxygens (including phenoxy) is 1. The second-order valence-corrected chi connectivity index (χ2v) is 5.04. The molecule has 0 aliphatic carbocycles. The molecule has 0 aromatic heterocycles. The number of benzene rings is 1. The van der Waals surface area contributed by atoms with Crippen LogP contribution in [0.3, 0.4) is 0 Å². The van der Waals surface area contributed by atoms with Gasteiger partial charge in [-0.05, 0) is 28.5 Å². The van der Waals surface area contributed by atoms with Crippen LogP contribution in [0.5, 0.6) is 0 Å². The lowest BCUT2D eigenvalue weighted by Gasteiger charge is -2.23. The van der Waals surface area contributed by atoms with E-state index in [1.54, 1.807) is 0 Å². The second kappa shape index (κ2) is 3.39. The van der Waals surface area contributed by atoms with E-state index in [0.717, 1.165) is 19.6 Å². The number of hydrogen-bond donors (Lipinski definition) is 0. The molecule has 2 rings (SSSR count). The van der Waals surface area contributed by atoms with Crippen molar-refractivity contribution in [1.29, 1.82) is 0 Å². The van der Waals surface area contributed by atoms with Gasteiger partial charge in [-0.25, -0.2) is 0 Å². The lowest BCUT2D eigenvalue weighted by molar-refractivity contribution is 0.110. The van der Waals surface area contributed by atoms with E-state index in [9.17, 15) is 0 Å². The van der Waals surface area contributed by atoms with E-state index in [0.29, 0.717) is 0 Å². The summed E-state index contributed by atoms with van der Waals surface area (Å²) in [4.78, 5) is 0. The summed E-state index contributed by atoms with van der Waals surface area (Å²) in [5, 5.41) is 0. The van der Waals surface area contributed by atoms with Gasteiger partial charge in [0.25, 0.3) is 0 Å². The average Bonchev–Trinajstić information content (AvgIpc) is 2.16. The Morgan fingerprint density at radius 3 is 2.64 bits per heavy atom. The van der Waals surface area contributed by atoms with E-state index in [1.165, 1.54) is 16.7 Å². The zero-order valence-electron chi connectivity index (χ0n) is 9.26. The van der Waals surface area contributed by atoms with Crippen LogP contribution in [-0.4, -0.2) is 6.61 Å². The highest BCUT2D eigenvalue weighted by molar-refractivity contribution is 5.35. The van der Waals surface area contributed by atoms with Crippen LogP contribution < -0.4 is 0 Å². The molecule has 14 heavy (non-hydrogen) atoms. The first kappa shape index (κ1) is 9.72. The highest BCUT2D eigenvalue weighted by Crippen LogP contribution is 2.26. The van der Waals surface area contributed by atoms with E-state index in [4.69, 9.17) is 4.74 Å². The zero-order chi connectivity index (χ0) is 10.2. The monoisotopic (exact) mass is 190 g/mol. The van der Waals surface area contributed by atoms with Crippen molar-refractivity contribution in [3.63, 3.8) is 0 Å². The molecular weight excluding hydrogens is 172 g/mol. The Kier molecular flexibility index (Phi) is 2.36. The van der Waals surface area contributed by atoms with Crippen molar-refractivity contribution in [2.75, 3.05) is 6.61 Å². The second-order valence-electron chi connectivity index (χ2n) is 5.04. The SMILES string of the molecule is CC(C)(C)c1ccc2c(c1)COCC2. The van der Waals surface area contributed by atoms with Gasteiger partial charge in [0.05, 0.1) is 13.2 Å². The van der Waals surface area contributed by atoms with Gasteiger partial charge >= 0.3 is 0 Å². The summed E-state index contributed by atoms with van der Waals surface area (Å²) in [6.07, 6.45) is 1.07. The molecule has 0 fully saturated rings. The Morgan fingerprint density at radius 2 is 1.93 bits per heavy atom. The molecule has 0 spiro atoms. The Hall–Kier alpha value is -0.820. The van der Waals surface area contributed by atoms with Crippen molar-refractivity contribution < 1.29 is 4.74 Å². The Bertz CT molecular complexity index is 334. The predicted molar refractivity (Wildman–Crippen MR) is 58.5 cm³/mol. The van der Waals surface area contributed by atoms with Crippen molar-refractivity contribution in [2.24, 2.45) is 0 Å². The predicted octanol–water partition coefficient (Wildman–Crippen LogP) is 3.06. The van der Waals surface area contributed by atoms with Gasteiger partial charge < -0.3 is 4.74 Å². The maximum atomic E-state index is 5.46. The van der Waals surface area contributed by atoms with E-state index in [-0.39, 0.29) is 5.41 Å². The molecule has 0 bridgehead atoms. The summed E-state index contributed by atoms with van der Waals surface area (Å²) in [5.74, 6) is 0. The minimum atomic E-state index is 0.243. The third-order valence-corrected chi connectivity index (χ3v) is 2.85. The average molecular weight is 190 g/mol. The van der Waals surface area contributed by atoms with Gasteiger partial charge in [0.1, 0.15) is 0 Å². The largest absolute Gasteiger partial charge is 0.376 e. The first-order chi connectivity index (χ1) is 6.57. The van der Waals surface area contributed by atoms with Crippen LogP contribution >= 0.6 is 0 Å². The molecule has 1 aromatic carbocycles. The fourth-order valence-corrected chi connectivity index (χ4v) is 1.83. The Morgan fingerprint density at radius 1 is 1.14 bits per heavy atom. The van der Waals surface area contributed by atoms with Gasteiger partial charge in [0.15, 0.2) is 0 Å². The van der Waals surface area contributed by atoms with Gasteiger partial charge in [-0.15, -0.1) is 0 Å². The minimum Gasteiger partial charge on any atom is -0.376 e. The van der Waals surface area contributed by atoms with Gasteiger partial charge in [-0.3, -0.25) is 0 Å². The normalized spacial score (nSPS) is 16.5. The zero-order valence-corrected chi connectivity index (χ0v) is 9.26. The summed E-state index contributed by atoms with van der Waals surface area (Å²) >= 11 is 0. The Labute approximate surface area is 86.1 Å². The van der Waals surface area contributed by atoms with Gasteiger partial charge in [0.2, 0.25) is 0 Å². The first-order valence-electron chi connectivity index (χ1n) is 5.27. The fourth-order valence-electron chi connectivity index (χ4n) is 1.83. The standard InChI is InChI=1S/C13H18O/c1-13(2,3)12-5-4-10-6-7-14-9-11(10)8-12/h4-5,8H,6-7,9H2,1-3H3. The van der Waals surface area contributed by atoms with Gasteiger partial charge in [-0.2, -0.15) is 0 Å². The van der Waals surface area contributed by atoms with E-state index in [1.807, 2.05) is 0 Å². The molecule has 1 heterocycles. The number of fused-ring (bicyclic) bond motifs is 1. The minimum absolute atomic E-state index is 0.243. The van der Waals surface area contributed by atoms with Crippen LogP contribution in [-0.2, 0) is 23.2 Å². The van der Waals surface area contributed by atoms with E-state index in [2.05, 4.69) is 39.0 Å². The summed E-state index contributed by atoms with van der Waals surface area (Å²) in [7, 11) is 0. The molecule has 76 valence electrons. The van der Waals surface area contributed by atoms with Crippen molar-refractivity contribution in [3.05, 3.63) is 34.9 Å². The van der Waals surface area contributed by atoms with Crippen LogP contribution in [0.4, 0.5) is 0 Å². The first-order valence-corrected chi connectivity index (χ1v) is 5.27. The molecule has 0 atom stereocenters. The molecule has 0 radical (unpaired) electrons. The molecule has 0 saturated carbocycles. The van der Waals surface area contributed by atoms with E-state index >= 15 is 0 Å². The quantitative estimate of drug-likeness (QED) is 0.611. The number of hydrogen-bond acceptors (Lipinski definition) is 1. The lowest BCUT2D eigenvalue weighted by Crippen LogP contribution is -2.15. The highest BCUT2D eigenvalue weighted by atomic mass is 16.5. The Balaban J connectivity index is 2.39. The fraction of sp³-hybridized carbons (Fsp3) is 0.538. The lowest BCUT2D eigenvalue weighted by atomic mass is 9.85. The molecular formula is C13H18O. The molecule has 1 heteroatoms.